The minimum absolute atomic E-state index is 0.175. The summed E-state index contributed by atoms with van der Waals surface area (Å²) in [4.78, 5) is 0. The lowest BCUT2D eigenvalue weighted by molar-refractivity contribution is 0.639. The number of halogens is 2. The zero-order chi connectivity index (χ0) is 9.26. The largest absolute Gasteiger partial charge is 0.346 e. The first-order valence-corrected chi connectivity index (χ1v) is 4.65. The molecule has 0 fully saturated rings. The Labute approximate surface area is 80.7 Å². The van der Waals surface area contributed by atoms with Crippen molar-refractivity contribution in [2.75, 3.05) is 5.88 Å². The van der Waals surface area contributed by atoms with E-state index in [4.69, 9.17) is 11.6 Å². The Morgan fingerprint density at radius 2 is 2.15 bits per heavy atom. The van der Waals surface area contributed by atoms with Crippen LogP contribution in [-0.4, -0.2) is 10.4 Å². The van der Waals surface area contributed by atoms with Gasteiger partial charge in [0.25, 0.3) is 0 Å². The summed E-state index contributed by atoms with van der Waals surface area (Å²) in [5.41, 5.74) is 0.903. The summed E-state index contributed by atoms with van der Waals surface area (Å²) in [5.74, 6) is 0.367. The van der Waals surface area contributed by atoms with Crippen LogP contribution in [0.1, 0.15) is 0 Å². The molecule has 1 nitrogen and oxygen atoms in total. The summed E-state index contributed by atoms with van der Waals surface area (Å²) < 4.78 is 15.1. The van der Waals surface area contributed by atoms with Crippen molar-refractivity contribution in [3.8, 4) is 0 Å². The molecule has 3 heteroatoms. The molecule has 2 rings (SSSR count). The molecule has 1 aromatic heterocycles. The van der Waals surface area contributed by atoms with Gasteiger partial charge in [-0.2, -0.15) is 0 Å². The number of alkyl halides is 1. The van der Waals surface area contributed by atoms with E-state index in [9.17, 15) is 4.39 Å². The van der Waals surface area contributed by atoms with Crippen molar-refractivity contribution in [1.29, 1.82) is 0 Å². The van der Waals surface area contributed by atoms with Gasteiger partial charge in [0.15, 0.2) is 0 Å². The van der Waals surface area contributed by atoms with E-state index in [1.165, 1.54) is 6.07 Å². The lowest BCUT2D eigenvalue weighted by Gasteiger charge is -2.01. The third-order valence-corrected chi connectivity index (χ3v) is 2.25. The highest BCUT2D eigenvalue weighted by Gasteiger charge is 2.03. The van der Waals surface area contributed by atoms with Gasteiger partial charge in [-0.1, -0.05) is 6.07 Å². The van der Waals surface area contributed by atoms with Gasteiger partial charge in [0.05, 0.1) is 5.52 Å². The fourth-order valence-electron chi connectivity index (χ4n) is 1.47. The average Bonchev–Trinajstić information content (AvgIpc) is 2.51. The molecule has 1 heterocycles. The Bertz CT molecular complexity index is 422. The van der Waals surface area contributed by atoms with Crippen LogP contribution in [0.25, 0.3) is 10.9 Å². The smallest absolute Gasteiger partial charge is 0.132 e. The van der Waals surface area contributed by atoms with Gasteiger partial charge >= 0.3 is 0 Å². The zero-order valence-electron chi connectivity index (χ0n) is 7.00. The molecule has 0 saturated carbocycles. The zero-order valence-corrected chi connectivity index (χ0v) is 7.76. The molecule has 0 saturated heterocycles. The summed E-state index contributed by atoms with van der Waals surface area (Å²) in [6, 6.07) is 6.85. The fraction of sp³-hybridized carbons (Fsp3) is 0.200. The van der Waals surface area contributed by atoms with E-state index in [2.05, 4.69) is 0 Å². The van der Waals surface area contributed by atoms with Gasteiger partial charge in [0, 0.05) is 24.0 Å². The van der Waals surface area contributed by atoms with Crippen molar-refractivity contribution in [2.45, 2.75) is 6.54 Å². The van der Waals surface area contributed by atoms with E-state index in [-0.39, 0.29) is 5.82 Å². The molecule has 2 aromatic rings. The molecule has 0 aliphatic carbocycles. The molecular formula is C10H9ClFN. The SMILES string of the molecule is Fc1cccc2c1ccn2CCCl. The fourth-order valence-corrected chi connectivity index (χ4v) is 1.65. The van der Waals surface area contributed by atoms with Crippen LogP contribution >= 0.6 is 11.6 Å². The van der Waals surface area contributed by atoms with Crippen LogP contribution in [0.4, 0.5) is 4.39 Å². The van der Waals surface area contributed by atoms with E-state index >= 15 is 0 Å². The molecule has 0 N–H and O–H groups in total. The molecule has 0 spiro atoms. The number of rotatable bonds is 2. The lowest BCUT2D eigenvalue weighted by atomic mass is 10.2. The first-order chi connectivity index (χ1) is 6.33. The third kappa shape index (κ3) is 1.42. The van der Waals surface area contributed by atoms with Gasteiger partial charge < -0.3 is 4.57 Å². The Morgan fingerprint density at radius 3 is 2.92 bits per heavy atom. The minimum atomic E-state index is -0.175. The van der Waals surface area contributed by atoms with Crippen molar-refractivity contribution in [2.24, 2.45) is 0 Å². The Kier molecular flexibility index (Phi) is 2.23. The second-order valence-electron chi connectivity index (χ2n) is 2.87. The topological polar surface area (TPSA) is 4.93 Å². The maximum atomic E-state index is 13.2. The molecule has 0 aliphatic rings. The minimum Gasteiger partial charge on any atom is -0.346 e. The predicted molar refractivity (Wildman–Crippen MR) is 52.6 cm³/mol. The molecule has 0 amide bonds. The van der Waals surface area contributed by atoms with Crippen LogP contribution in [0, 0.1) is 5.82 Å². The van der Waals surface area contributed by atoms with E-state index in [1.807, 2.05) is 16.8 Å². The van der Waals surface area contributed by atoms with Crippen LogP contribution in [0.2, 0.25) is 0 Å². The second kappa shape index (κ2) is 3.38. The quantitative estimate of drug-likeness (QED) is 0.653. The van der Waals surface area contributed by atoms with Crippen molar-refractivity contribution < 1.29 is 4.39 Å². The molecule has 0 unspecified atom stereocenters. The number of benzene rings is 1. The number of aromatic nitrogens is 1. The summed E-state index contributed by atoms with van der Waals surface area (Å²) >= 11 is 5.62. The molecule has 1 aromatic carbocycles. The summed E-state index contributed by atoms with van der Waals surface area (Å²) in [5, 5.41) is 0.660. The highest BCUT2D eigenvalue weighted by atomic mass is 35.5. The average molecular weight is 198 g/mol. The highest BCUT2D eigenvalue weighted by molar-refractivity contribution is 6.17. The normalized spacial score (nSPS) is 10.9. The molecule has 0 radical (unpaired) electrons. The van der Waals surface area contributed by atoms with E-state index in [0.29, 0.717) is 17.8 Å². The van der Waals surface area contributed by atoms with Crippen molar-refractivity contribution in [3.05, 3.63) is 36.3 Å². The van der Waals surface area contributed by atoms with Crippen molar-refractivity contribution >= 4 is 22.5 Å². The van der Waals surface area contributed by atoms with Gasteiger partial charge in [0.1, 0.15) is 5.82 Å². The molecular weight excluding hydrogens is 189 g/mol. The summed E-state index contributed by atoms with van der Waals surface area (Å²) in [6.45, 7) is 0.717. The number of fused-ring (bicyclic) bond motifs is 1. The number of hydrogen-bond donors (Lipinski definition) is 0. The number of hydrogen-bond acceptors (Lipinski definition) is 0. The monoisotopic (exact) mass is 197 g/mol. The van der Waals surface area contributed by atoms with Crippen molar-refractivity contribution in [1.82, 2.24) is 4.57 Å². The lowest BCUT2D eigenvalue weighted by Crippen LogP contribution is -1.96. The molecule has 0 aliphatic heterocycles. The molecule has 68 valence electrons. The number of nitrogens with zero attached hydrogens (tertiary/aromatic N) is 1. The van der Waals surface area contributed by atoms with E-state index in [1.54, 1.807) is 12.1 Å². The van der Waals surface area contributed by atoms with Crippen LogP contribution in [0.3, 0.4) is 0 Å². The van der Waals surface area contributed by atoms with Crippen molar-refractivity contribution in [3.63, 3.8) is 0 Å². The predicted octanol–water partition coefficient (Wildman–Crippen LogP) is 3.02. The van der Waals surface area contributed by atoms with E-state index in [0.717, 1.165) is 5.52 Å². The molecule has 0 atom stereocenters. The van der Waals surface area contributed by atoms with Crippen LogP contribution < -0.4 is 0 Å². The third-order valence-electron chi connectivity index (χ3n) is 2.09. The first kappa shape index (κ1) is 8.57. The standard InChI is InChI=1S/C10H9ClFN/c11-5-7-13-6-4-8-9(12)2-1-3-10(8)13/h1-4,6H,5,7H2. The maximum absolute atomic E-state index is 13.2. The van der Waals surface area contributed by atoms with Crippen LogP contribution in [0.5, 0.6) is 0 Å². The Morgan fingerprint density at radius 1 is 1.31 bits per heavy atom. The van der Waals surface area contributed by atoms with Crippen LogP contribution in [0.15, 0.2) is 30.5 Å². The van der Waals surface area contributed by atoms with E-state index < -0.39 is 0 Å². The molecule has 0 bridgehead atoms. The summed E-state index contributed by atoms with van der Waals surface area (Å²) in [7, 11) is 0. The Hall–Kier alpha value is -1.02. The van der Waals surface area contributed by atoms with Gasteiger partial charge in [0.2, 0.25) is 0 Å². The van der Waals surface area contributed by atoms with Gasteiger partial charge in [-0.3, -0.25) is 0 Å². The second-order valence-corrected chi connectivity index (χ2v) is 3.25. The summed E-state index contributed by atoms with van der Waals surface area (Å²) in [6.07, 6.45) is 1.86. The van der Waals surface area contributed by atoms with Gasteiger partial charge in [-0.15, -0.1) is 11.6 Å². The maximum Gasteiger partial charge on any atom is 0.132 e. The van der Waals surface area contributed by atoms with Crippen LogP contribution in [-0.2, 0) is 6.54 Å². The number of aryl methyl sites for hydroxylation is 1. The van der Waals surface area contributed by atoms with Gasteiger partial charge in [-0.25, -0.2) is 4.39 Å². The van der Waals surface area contributed by atoms with Gasteiger partial charge in [-0.05, 0) is 18.2 Å². The highest BCUT2D eigenvalue weighted by Crippen LogP contribution is 2.18. The Balaban J connectivity index is 2.61. The first-order valence-electron chi connectivity index (χ1n) is 4.12. The molecule has 13 heavy (non-hydrogen) atoms.